The van der Waals surface area contributed by atoms with Gasteiger partial charge in [0.2, 0.25) is 0 Å². The average molecular weight is 428 g/mol. The zero-order chi connectivity index (χ0) is 19.5. The fraction of sp³-hybridized carbons (Fsp3) is 0.0400. The summed E-state index contributed by atoms with van der Waals surface area (Å²) in [5, 5.41) is 0.986. The number of benzene rings is 3. The number of nitrogens with zero attached hydrogens (tertiary/aromatic N) is 1. The maximum atomic E-state index is 13.2. The topological polar surface area (TPSA) is 30.0 Å². The highest BCUT2D eigenvalue weighted by Gasteiger charge is 2.18. The number of allylic oxidation sites excluding steroid dienone is 1. The number of para-hydroxylation sites is 1. The molecule has 0 bridgehead atoms. The Bertz CT molecular complexity index is 1180. The van der Waals surface area contributed by atoms with E-state index in [1.165, 1.54) is 0 Å². The smallest absolute Gasteiger partial charge is 0.188 e. The predicted molar refractivity (Wildman–Crippen MR) is 119 cm³/mol. The maximum Gasteiger partial charge on any atom is 0.188 e. The number of aromatic nitrogens is 1. The molecule has 28 heavy (non-hydrogen) atoms. The molecule has 1 heterocycles. The van der Waals surface area contributed by atoms with E-state index in [0.29, 0.717) is 5.56 Å². The molecule has 0 amide bonds. The van der Waals surface area contributed by atoms with Gasteiger partial charge in [-0.1, -0.05) is 82.7 Å². The molecular formula is C25H18BrNO. The van der Waals surface area contributed by atoms with Crippen molar-refractivity contribution >= 4 is 38.7 Å². The molecule has 0 N–H and O–H groups in total. The molecule has 0 saturated carbocycles. The van der Waals surface area contributed by atoms with Gasteiger partial charge in [0.05, 0.1) is 11.1 Å². The fourth-order valence-corrected chi connectivity index (χ4v) is 3.63. The Labute approximate surface area is 172 Å². The molecule has 136 valence electrons. The molecule has 0 saturated heterocycles. The van der Waals surface area contributed by atoms with Crippen molar-refractivity contribution in [3.8, 4) is 11.1 Å². The summed E-state index contributed by atoms with van der Waals surface area (Å²) in [4.78, 5) is 17.9. The molecule has 2 nitrogen and oxygen atoms in total. The van der Waals surface area contributed by atoms with E-state index in [1.54, 1.807) is 6.08 Å². The molecule has 3 aromatic carbocycles. The van der Waals surface area contributed by atoms with E-state index in [0.717, 1.165) is 37.8 Å². The largest absolute Gasteiger partial charge is 0.289 e. The predicted octanol–water partition coefficient (Wildman–Crippen LogP) is 6.87. The summed E-state index contributed by atoms with van der Waals surface area (Å²) in [5.41, 5.74) is 5.22. The highest BCUT2D eigenvalue weighted by Crippen LogP contribution is 2.33. The van der Waals surface area contributed by atoms with Crippen molar-refractivity contribution < 1.29 is 4.79 Å². The van der Waals surface area contributed by atoms with Crippen LogP contribution >= 0.6 is 15.9 Å². The van der Waals surface area contributed by atoms with E-state index in [-0.39, 0.29) is 5.78 Å². The number of carbonyl (C=O) groups is 1. The van der Waals surface area contributed by atoms with Gasteiger partial charge in [-0.15, -0.1) is 0 Å². The number of hydrogen-bond donors (Lipinski definition) is 0. The van der Waals surface area contributed by atoms with Crippen LogP contribution < -0.4 is 0 Å². The first-order valence-corrected chi connectivity index (χ1v) is 9.85. The van der Waals surface area contributed by atoms with E-state index >= 15 is 0 Å². The van der Waals surface area contributed by atoms with Crippen LogP contribution in [0, 0.1) is 6.92 Å². The van der Waals surface area contributed by atoms with Crippen LogP contribution in [-0.4, -0.2) is 10.8 Å². The number of halogens is 1. The Morgan fingerprint density at radius 3 is 2.32 bits per heavy atom. The zero-order valence-corrected chi connectivity index (χ0v) is 17.0. The highest BCUT2D eigenvalue weighted by atomic mass is 79.9. The normalized spacial score (nSPS) is 11.2. The number of ketones is 1. The molecule has 4 rings (SSSR count). The lowest BCUT2D eigenvalue weighted by Gasteiger charge is -2.14. The van der Waals surface area contributed by atoms with Crippen molar-refractivity contribution in [3.63, 3.8) is 0 Å². The Balaban J connectivity index is 1.87. The highest BCUT2D eigenvalue weighted by molar-refractivity contribution is 9.10. The molecule has 0 atom stereocenters. The summed E-state index contributed by atoms with van der Waals surface area (Å²) in [7, 11) is 0. The van der Waals surface area contributed by atoms with Crippen molar-refractivity contribution in [2.45, 2.75) is 6.92 Å². The number of fused-ring (bicyclic) bond motifs is 1. The third-order valence-corrected chi connectivity index (χ3v) is 5.21. The van der Waals surface area contributed by atoms with Crippen LogP contribution in [0.3, 0.4) is 0 Å². The number of hydrogen-bond acceptors (Lipinski definition) is 2. The lowest BCUT2D eigenvalue weighted by molar-refractivity contribution is 0.104. The van der Waals surface area contributed by atoms with E-state index in [2.05, 4.69) is 20.9 Å². The van der Waals surface area contributed by atoms with Crippen molar-refractivity contribution in [3.05, 3.63) is 106 Å². The van der Waals surface area contributed by atoms with Crippen molar-refractivity contribution in [2.75, 3.05) is 0 Å². The van der Waals surface area contributed by atoms with Crippen LogP contribution in [0.5, 0.6) is 0 Å². The standard InChI is InChI=1S/C25H18BrNO/c1-17-24(23(28)16-13-18-11-14-20(26)15-12-18)25(19-7-3-2-4-8-19)21-9-5-6-10-22(21)27-17/h2-16H,1H3. The van der Waals surface area contributed by atoms with Crippen LogP contribution in [0.25, 0.3) is 28.1 Å². The average Bonchev–Trinajstić information content (AvgIpc) is 2.72. The van der Waals surface area contributed by atoms with Gasteiger partial charge >= 0.3 is 0 Å². The molecule has 1 aromatic heterocycles. The Morgan fingerprint density at radius 2 is 1.57 bits per heavy atom. The summed E-state index contributed by atoms with van der Waals surface area (Å²) in [5.74, 6) is -0.0440. The first-order chi connectivity index (χ1) is 13.6. The van der Waals surface area contributed by atoms with E-state index < -0.39 is 0 Å². The van der Waals surface area contributed by atoms with Crippen molar-refractivity contribution in [1.82, 2.24) is 4.98 Å². The number of rotatable bonds is 4. The summed E-state index contributed by atoms with van der Waals surface area (Å²) < 4.78 is 1.01. The third kappa shape index (κ3) is 3.67. The van der Waals surface area contributed by atoms with Crippen LogP contribution in [0.1, 0.15) is 21.6 Å². The monoisotopic (exact) mass is 427 g/mol. The van der Waals surface area contributed by atoms with E-state index in [4.69, 9.17) is 0 Å². The zero-order valence-electron chi connectivity index (χ0n) is 15.4. The summed E-state index contributed by atoms with van der Waals surface area (Å²) in [6, 6.07) is 25.9. The second kappa shape index (κ2) is 7.91. The SMILES string of the molecule is Cc1nc2ccccc2c(-c2ccccc2)c1C(=O)C=Cc1ccc(Br)cc1. The summed E-state index contributed by atoms with van der Waals surface area (Å²) in [6.45, 7) is 1.90. The van der Waals surface area contributed by atoms with Crippen LogP contribution in [0.2, 0.25) is 0 Å². The minimum Gasteiger partial charge on any atom is -0.289 e. The van der Waals surface area contributed by atoms with Gasteiger partial charge in [0.1, 0.15) is 0 Å². The second-order valence-electron chi connectivity index (χ2n) is 6.58. The molecule has 0 aliphatic heterocycles. The Morgan fingerprint density at radius 1 is 0.893 bits per heavy atom. The molecular weight excluding hydrogens is 410 g/mol. The van der Waals surface area contributed by atoms with Gasteiger partial charge in [0, 0.05) is 21.1 Å². The Kier molecular flexibility index (Phi) is 5.18. The van der Waals surface area contributed by atoms with Gasteiger partial charge in [-0.2, -0.15) is 0 Å². The molecule has 0 aliphatic carbocycles. The quantitative estimate of drug-likeness (QED) is 0.262. The first kappa shape index (κ1) is 18.3. The lowest BCUT2D eigenvalue weighted by atomic mass is 9.92. The molecule has 0 spiro atoms. The van der Waals surface area contributed by atoms with Gasteiger partial charge in [-0.3, -0.25) is 9.78 Å². The molecule has 3 heteroatoms. The van der Waals surface area contributed by atoms with Gasteiger partial charge in [0.25, 0.3) is 0 Å². The maximum absolute atomic E-state index is 13.2. The van der Waals surface area contributed by atoms with Gasteiger partial charge in [-0.25, -0.2) is 0 Å². The lowest BCUT2D eigenvalue weighted by Crippen LogP contribution is -2.05. The van der Waals surface area contributed by atoms with Gasteiger partial charge in [0.15, 0.2) is 5.78 Å². The molecule has 0 aliphatic rings. The molecule has 4 aromatic rings. The van der Waals surface area contributed by atoms with E-state index in [9.17, 15) is 4.79 Å². The molecule has 0 unspecified atom stereocenters. The van der Waals surface area contributed by atoms with Crippen LogP contribution in [0.15, 0.2) is 89.4 Å². The number of aryl methyl sites for hydroxylation is 1. The van der Waals surface area contributed by atoms with Gasteiger partial charge < -0.3 is 0 Å². The minimum absolute atomic E-state index is 0.0440. The summed E-state index contributed by atoms with van der Waals surface area (Å²) in [6.07, 6.45) is 3.48. The minimum atomic E-state index is -0.0440. The number of carbonyl (C=O) groups excluding carboxylic acids is 1. The van der Waals surface area contributed by atoms with Crippen LogP contribution in [0.4, 0.5) is 0 Å². The molecule has 0 radical (unpaired) electrons. The number of pyridine rings is 1. The van der Waals surface area contributed by atoms with Crippen molar-refractivity contribution in [2.24, 2.45) is 0 Å². The fourth-order valence-electron chi connectivity index (χ4n) is 3.37. The van der Waals surface area contributed by atoms with Gasteiger partial charge in [-0.05, 0) is 42.3 Å². The molecule has 0 fully saturated rings. The first-order valence-electron chi connectivity index (χ1n) is 9.06. The van der Waals surface area contributed by atoms with E-state index in [1.807, 2.05) is 91.9 Å². The summed E-state index contributed by atoms with van der Waals surface area (Å²) >= 11 is 3.43. The van der Waals surface area contributed by atoms with Crippen LogP contribution in [-0.2, 0) is 0 Å². The Hall–Kier alpha value is -3.04. The second-order valence-corrected chi connectivity index (χ2v) is 7.50. The third-order valence-electron chi connectivity index (χ3n) is 4.68. The van der Waals surface area contributed by atoms with Crippen molar-refractivity contribution in [1.29, 1.82) is 0 Å².